The molecule has 2 aromatic carbocycles. The Morgan fingerprint density at radius 1 is 1.21 bits per heavy atom. The fourth-order valence-electron chi connectivity index (χ4n) is 2.09. The molecule has 0 bridgehead atoms. The van der Waals surface area contributed by atoms with Gasteiger partial charge in [0.2, 0.25) is 0 Å². The third kappa shape index (κ3) is 3.50. The first-order valence-corrected chi connectivity index (χ1v) is 7.08. The van der Waals surface area contributed by atoms with E-state index in [1.165, 1.54) is 0 Å². The van der Waals surface area contributed by atoms with Gasteiger partial charge in [0.05, 0.1) is 0 Å². The third-order valence-corrected chi connectivity index (χ3v) is 3.86. The van der Waals surface area contributed by atoms with Gasteiger partial charge >= 0.3 is 0 Å². The zero-order valence-corrected chi connectivity index (χ0v) is 12.9. The molecule has 0 radical (unpaired) electrons. The molecular formula is C15H15BrClNO. The maximum absolute atomic E-state index is 9.29. The number of benzene rings is 2. The second-order valence-electron chi connectivity index (χ2n) is 4.88. The fourth-order valence-corrected chi connectivity index (χ4v) is 2.97. The highest BCUT2D eigenvalue weighted by molar-refractivity contribution is 9.10. The van der Waals surface area contributed by atoms with Crippen LogP contribution in [0.1, 0.15) is 18.1 Å². The summed E-state index contributed by atoms with van der Waals surface area (Å²) in [6.07, 6.45) is 0.647. The minimum Gasteiger partial charge on any atom is -0.508 e. The molecule has 2 rings (SSSR count). The van der Waals surface area contributed by atoms with Gasteiger partial charge in [-0.1, -0.05) is 45.7 Å². The quantitative estimate of drug-likeness (QED) is 0.878. The normalized spacial score (nSPS) is 14.1. The Morgan fingerprint density at radius 3 is 2.42 bits per heavy atom. The molecule has 0 aromatic heterocycles. The number of aromatic hydroxyl groups is 1. The van der Waals surface area contributed by atoms with E-state index in [0.717, 1.165) is 15.6 Å². The summed E-state index contributed by atoms with van der Waals surface area (Å²) >= 11 is 9.64. The Bertz CT molecular complexity index is 581. The van der Waals surface area contributed by atoms with Crippen LogP contribution in [0.15, 0.2) is 46.9 Å². The van der Waals surface area contributed by atoms with Gasteiger partial charge in [-0.05, 0) is 48.7 Å². The van der Waals surface area contributed by atoms with Gasteiger partial charge in [-0.2, -0.15) is 0 Å². The molecule has 0 fully saturated rings. The standard InChI is InChI=1S/C15H15BrClNO/c1-15(18,9-10-2-5-12(19)6-3-10)13-7-4-11(16)8-14(13)17/h2-8,19H,9,18H2,1H3. The first-order valence-electron chi connectivity index (χ1n) is 5.91. The van der Waals surface area contributed by atoms with Crippen molar-refractivity contribution in [2.45, 2.75) is 18.9 Å². The van der Waals surface area contributed by atoms with Crippen LogP contribution in [-0.2, 0) is 12.0 Å². The number of hydrogen-bond donors (Lipinski definition) is 2. The zero-order chi connectivity index (χ0) is 14.0. The minimum atomic E-state index is -0.561. The monoisotopic (exact) mass is 339 g/mol. The predicted octanol–water partition coefficient (Wildman–Crippen LogP) is 4.22. The van der Waals surface area contributed by atoms with Crippen LogP contribution in [0.25, 0.3) is 0 Å². The van der Waals surface area contributed by atoms with Crippen molar-refractivity contribution < 1.29 is 5.11 Å². The molecule has 4 heteroatoms. The van der Waals surface area contributed by atoms with Crippen molar-refractivity contribution in [2.24, 2.45) is 5.73 Å². The minimum absolute atomic E-state index is 0.254. The molecule has 1 unspecified atom stereocenters. The largest absolute Gasteiger partial charge is 0.508 e. The Balaban J connectivity index is 2.29. The van der Waals surface area contributed by atoms with Crippen LogP contribution >= 0.6 is 27.5 Å². The molecule has 0 heterocycles. The van der Waals surface area contributed by atoms with Crippen molar-refractivity contribution in [1.29, 1.82) is 0 Å². The van der Waals surface area contributed by atoms with E-state index in [1.807, 2.05) is 37.3 Å². The van der Waals surface area contributed by atoms with Crippen LogP contribution in [-0.4, -0.2) is 5.11 Å². The number of nitrogens with two attached hydrogens (primary N) is 1. The van der Waals surface area contributed by atoms with Gasteiger partial charge in [-0.25, -0.2) is 0 Å². The first kappa shape index (κ1) is 14.4. The highest BCUT2D eigenvalue weighted by atomic mass is 79.9. The number of hydrogen-bond acceptors (Lipinski definition) is 2. The lowest BCUT2D eigenvalue weighted by molar-refractivity contribution is 0.472. The molecule has 0 saturated carbocycles. The molecule has 0 spiro atoms. The lowest BCUT2D eigenvalue weighted by atomic mass is 9.86. The topological polar surface area (TPSA) is 46.2 Å². The molecule has 0 amide bonds. The van der Waals surface area contributed by atoms with E-state index in [0.29, 0.717) is 11.4 Å². The van der Waals surface area contributed by atoms with E-state index in [2.05, 4.69) is 15.9 Å². The predicted molar refractivity (Wildman–Crippen MR) is 82.5 cm³/mol. The van der Waals surface area contributed by atoms with E-state index < -0.39 is 5.54 Å². The second-order valence-corrected chi connectivity index (χ2v) is 6.21. The van der Waals surface area contributed by atoms with E-state index in [1.54, 1.807) is 12.1 Å². The van der Waals surface area contributed by atoms with Gasteiger partial charge in [-0.15, -0.1) is 0 Å². The Kier molecular flexibility index (Phi) is 4.19. The number of phenols is 1. The molecule has 3 N–H and O–H groups in total. The summed E-state index contributed by atoms with van der Waals surface area (Å²) in [4.78, 5) is 0. The van der Waals surface area contributed by atoms with Crippen molar-refractivity contribution in [3.8, 4) is 5.75 Å². The van der Waals surface area contributed by atoms with Crippen molar-refractivity contribution >= 4 is 27.5 Å². The van der Waals surface area contributed by atoms with Crippen LogP contribution in [0.4, 0.5) is 0 Å². The molecule has 0 saturated heterocycles. The zero-order valence-electron chi connectivity index (χ0n) is 10.5. The van der Waals surface area contributed by atoms with Crippen molar-refractivity contribution in [3.05, 3.63) is 63.1 Å². The van der Waals surface area contributed by atoms with Crippen LogP contribution in [0, 0.1) is 0 Å². The summed E-state index contributed by atoms with van der Waals surface area (Å²) in [5, 5.41) is 9.94. The number of phenolic OH excluding ortho intramolecular Hbond substituents is 1. The van der Waals surface area contributed by atoms with E-state index in [9.17, 15) is 5.11 Å². The lowest BCUT2D eigenvalue weighted by Crippen LogP contribution is -2.35. The SMILES string of the molecule is CC(N)(Cc1ccc(O)cc1)c1ccc(Br)cc1Cl. The van der Waals surface area contributed by atoms with Crippen molar-refractivity contribution in [1.82, 2.24) is 0 Å². The van der Waals surface area contributed by atoms with Gasteiger partial charge < -0.3 is 10.8 Å². The molecule has 2 aromatic rings. The van der Waals surface area contributed by atoms with Gasteiger partial charge in [0.25, 0.3) is 0 Å². The van der Waals surface area contributed by atoms with E-state index in [4.69, 9.17) is 17.3 Å². The summed E-state index contributed by atoms with van der Waals surface area (Å²) in [6.45, 7) is 1.95. The van der Waals surface area contributed by atoms with Gasteiger partial charge in [-0.3, -0.25) is 0 Å². The molecule has 100 valence electrons. The maximum atomic E-state index is 9.29. The number of rotatable bonds is 3. The van der Waals surface area contributed by atoms with Gasteiger partial charge in [0.15, 0.2) is 0 Å². The van der Waals surface area contributed by atoms with Crippen molar-refractivity contribution in [2.75, 3.05) is 0 Å². The molecular weight excluding hydrogens is 326 g/mol. The van der Waals surface area contributed by atoms with Crippen LogP contribution in [0.5, 0.6) is 5.75 Å². The highest BCUT2D eigenvalue weighted by Crippen LogP contribution is 2.31. The second kappa shape index (κ2) is 5.53. The van der Waals surface area contributed by atoms with Crippen LogP contribution in [0.2, 0.25) is 5.02 Å². The Hall–Kier alpha value is -1.03. The molecule has 0 aliphatic rings. The molecule has 0 aliphatic carbocycles. The van der Waals surface area contributed by atoms with Crippen LogP contribution in [0.3, 0.4) is 0 Å². The molecule has 19 heavy (non-hydrogen) atoms. The number of halogens is 2. The summed E-state index contributed by atoms with van der Waals surface area (Å²) < 4.78 is 0.932. The van der Waals surface area contributed by atoms with Crippen molar-refractivity contribution in [3.63, 3.8) is 0 Å². The summed E-state index contributed by atoms with van der Waals surface area (Å²) in [5.74, 6) is 0.254. The smallest absolute Gasteiger partial charge is 0.115 e. The van der Waals surface area contributed by atoms with Crippen LogP contribution < -0.4 is 5.73 Å². The summed E-state index contributed by atoms with van der Waals surface area (Å²) in [7, 11) is 0. The third-order valence-electron chi connectivity index (χ3n) is 3.05. The average Bonchev–Trinajstić information content (AvgIpc) is 2.31. The molecule has 2 nitrogen and oxygen atoms in total. The van der Waals surface area contributed by atoms with E-state index >= 15 is 0 Å². The Morgan fingerprint density at radius 2 is 1.84 bits per heavy atom. The summed E-state index contributed by atoms with van der Waals surface area (Å²) in [6, 6.07) is 12.8. The molecule has 1 atom stereocenters. The lowest BCUT2D eigenvalue weighted by Gasteiger charge is -2.26. The first-order chi connectivity index (χ1) is 8.88. The average molecular weight is 341 g/mol. The van der Waals surface area contributed by atoms with E-state index in [-0.39, 0.29) is 5.75 Å². The highest BCUT2D eigenvalue weighted by Gasteiger charge is 2.24. The van der Waals surface area contributed by atoms with Gasteiger partial charge in [0.1, 0.15) is 5.75 Å². The molecule has 0 aliphatic heterocycles. The Labute approximate surface area is 126 Å². The summed E-state index contributed by atoms with van der Waals surface area (Å²) in [5.41, 5.74) is 7.80. The van der Waals surface area contributed by atoms with Gasteiger partial charge in [0, 0.05) is 15.0 Å². The fraction of sp³-hybridized carbons (Fsp3) is 0.200. The maximum Gasteiger partial charge on any atom is 0.115 e.